The Morgan fingerprint density at radius 2 is 1.06 bits per heavy atom. The minimum atomic E-state index is -0.0129. The molecule has 0 radical (unpaired) electrons. The van der Waals surface area contributed by atoms with Gasteiger partial charge >= 0.3 is 0 Å². The van der Waals surface area contributed by atoms with Crippen LogP contribution in [-0.4, -0.2) is 23.4 Å². The molecule has 0 saturated carbocycles. The maximum atomic E-state index is 9.65. The molecule has 2 N–H and O–H groups in total. The van der Waals surface area contributed by atoms with Crippen molar-refractivity contribution in [3.05, 3.63) is 59.7 Å². The molecule has 0 fully saturated rings. The van der Waals surface area contributed by atoms with Crippen LogP contribution in [0.5, 0.6) is 0 Å². The van der Waals surface area contributed by atoms with Gasteiger partial charge in [0.15, 0.2) is 0 Å². The summed E-state index contributed by atoms with van der Waals surface area (Å²) >= 11 is 0. The first-order chi connectivity index (χ1) is 8.86. The van der Waals surface area contributed by atoms with Gasteiger partial charge in [0.1, 0.15) is 0 Å². The highest BCUT2D eigenvalue weighted by molar-refractivity contribution is 5.75. The van der Waals surface area contributed by atoms with Crippen molar-refractivity contribution >= 4 is 0 Å². The molecule has 2 atom stereocenters. The fourth-order valence-corrected chi connectivity index (χ4v) is 3.02. The van der Waals surface area contributed by atoms with Gasteiger partial charge in [0.05, 0.1) is 13.2 Å². The smallest absolute Gasteiger partial charge is 0.0506 e. The molecule has 3 rings (SSSR count). The van der Waals surface area contributed by atoms with Crippen LogP contribution in [0.25, 0.3) is 11.1 Å². The highest BCUT2D eigenvalue weighted by atomic mass is 16.3. The van der Waals surface area contributed by atoms with Gasteiger partial charge in [-0.3, -0.25) is 0 Å². The van der Waals surface area contributed by atoms with Gasteiger partial charge in [0.25, 0.3) is 0 Å². The summed E-state index contributed by atoms with van der Waals surface area (Å²) in [4.78, 5) is 0. The number of hydrogen-bond acceptors (Lipinski definition) is 2. The van der Waals surface area contributed by atoms with E-state index in [1.165, 1.54) is 11.1 Å². The maximum absolute atomic E-state index is 9.65. The van der Waals surface area contributed by atoms with E-state index in [1.807, 2.05) is 24.3 Å². The average molecular weight is 240 g/mol. The summed E-state index contributed by atoms with van der Waals surface area (Å²) < 4.78 is 0. The van der Waals surface area contributed by atoms with Crippen LogP contribution in [0.4, 0.5) is 0 Å². The second kappa shape index (κ2) is 4.56. The molecule has 0 heterocycles. The van der Waals surface area contributed by atoms with E-state index in [0.29, 0.717) is 0 Å². The Morgan fingerprint density at radius 3 is 1.44 bits per heavy atom. The lowest BCUT2D eigenvalue weighted by molar-refractivity contribution is 0.195. The minimum Gasteiger partial charge on any atom is -0.396 e. The number of benzene rings is 2. The lowest BCUT2D eigenvalue weighted by Crippen LogP contribution is -2.23. The lowest BCUT2D eigenvalue weighted by Gasteiger charge is -2.33. The van der Waals surface area contributed by atoms with E-state index >= 15 is 0 Å². The number of aliphatic hydroxyl groups is 2. The van der Waals surface area contributed by atoms with Gasteiger partial charge in [-0.2, -0.15) is 0 Å². The largest absolute Gasteiger partial charge is 0.396 e. The predicted octanol–water partition coefficient (Wildman–Crippen LogP) is 2.52. The second-order valence-corrected chi connectivity index (χ2v) is 4.75. The molecule has 0 amide bonds. The summed E-state index contributed by atoms with van der Waals surface area (Å²) in [5.74, 6) is -0.0257. The fraction of sp³-hybridized carbons (Fsp3) is 0.250. The molecule has 0 aliphatic heterocycles. The van der Waals surface area contributed by atoms with Crippen LogP contribution >= 0.6 is 0 Å². The number of aliphatic hydroxyl groups excluding tert-OH is 2. The third-order valence-corrected chi connectivity index (χ3v) is 3.89. The van der Waals surface area contributed by atoms with Crippen molar-refractivity contribution in [1.29, 1.82) is 0 Å². The maximum Gasteiger partial charge on any atom is 0.0506 e. The summed E-state index contributed by atoms with van der Waals surface area (Å²) in [6.45, 7) is 0.132. The van der Waals surface area contributed by atoms with Gasteiger partial charge in [-0.05, 0) is 22.3 Å². The topological polar surface area (TPSA) is 40.5 Å². The molecule has 2 heteroatoms. The zero-order valence-electron chi connectivity index (χ0n) is 10.1. The van der Waals surface area contributed by atoms with Crippen molar-refractivity contribution in [2.75, 3.05) is 13.2 Å². The minimum absolute atomic E-state index is 0.0129. The molecule has 2 aromatic rings. The van der Waals surface area contributed by atoms with Crippen molar-refractivity contribution in [3.8, 4) is 11.1 Å². The van der Waals surface area contributed by atoms with Gasteiger partial charge in [-0.25, -0.2) is 0 Å². The number of hydrogen-bond donors (Lipinski definition) is 2. The van der Waals surface area contributed by atoms with Crippen molar-refractivity contribution in [3.63, 3.8) is 0 Å². The van der Waals surface area contributed by atoms with Crippen molar-refractivity contribution in [2.45, 2.75) is 11.8 Å². The summed E-state index contributed by atoms with van der Waals surface area (Å²) in [5, 5.41) is 19.3. The molecule has 2 nitrogen and oxygen atoms in total. The molecule has 0 spiro atoms. The lowest BCUT2D eigenvalue weighted by atomic mass is 9.72. The first kappa shape index (κ1) is 11.5. The van der Waals surface area contributed by atoms with E-state index in [1.54, 1.807) is 0 Å². The van der Waals surface area contributed by atoms with Crippen molar-refractivity contribution < 1.29 is 10.2 Å². The van der Waals surface area contributed by atoms with Crippen LogP contribution in [0.2, 0.25) is 0 Å². The van der Waals surface area contributed by atoms with Gasteiger partial charge < -0.3 is 10.2 Å². The van der Waals surface area contributed by atoms with Crippen LogP contribution in [0.15, 0.2) is 48.5 Å². The van der Waals surface area contributed by atoms with Crippen LogP contribution < -0.4 is 0 Å². The number of fused-ring (bicyclic) bond motifs is 3. The van der Waals surface area contributed by atoms with Gasteiger partial charge in [-0.1, -0.05) is 48.5 Å². The normalized spacial score (nSPS) is 21.2. The van der Waals surface area contributed by atoms with Crippen molar-refractivity contribution in [2.24, 2.45) is 0 Å². The molecule has 92 valence electrons. The van der Waals surface area contributed by atoms with Gasteiger partial charge in [-0.15, -0.1) is 0 Å². The van der Waals surface area contributed by atoms with Gasteiger partial charge in [0, 0.05) is 11.8 Å². The monoisotopic (exact) mass is 240 g/mol. The highest BCUT2D eigenvalue weighted by Gasteiger charge is 2.32. The summed E-state index contributed by atoms with van der Waals surface area (Å²) in [5.41, 5.74) is 4.63. The summed E-state index contributed by atoms with van der Waals surface area (Å²) in [6.07, 6.45) is 0. The standard InChI is InChI=1S/C16H16O2/c17-9-15-13-7-3-1-5-11(13)12-6-2-4-8-14(12)16(15)10-18/h1-8,15-18H,9-10H2/t15-,16-/m0/s1. The average Bonchev–Trinajstić information content (AvgIpc) is 2.45. The zero-order valence-corrected chi connectivity index (χ0v) is 10.1. The fourth-order valence-electron chi connectivity index (χ4n) is 3.02. The molecule has 18 heavy (non-hydrogen) atoms. The summed E-state index contributed by atoms with van der Waals surface area (Å²) in [6, 6.07) is 16.3. The Morgan fingerprint density at radius 1 is 0.667 bits per heavy atom. The first-order valence-corrected chi connectivity index (χ1v) is 6.26. The quantitative estimate of drug-likeness (QED) is 0.846. The van der Waals surface area contributed by atoms with Crippen LogP contribution in [0.3, 0.4) is 0 Å². The van der Waals surface area contributed by atoms with E-state index in [-0.39, 0.29) is 25.0 Å². The summed E-state index contributed by atoms with van der Waals surface area (Å²) in [7, 11) is 0. The molecular weight excluding hydrogens is 224 g/mol. The van der Waals surface area contributed by atoms with E-state index in [2.05, 4.69) is 24.3 Å². The molecule has 0 saturated heterocycles. The number of rotatable bonds is 2. The van der Waals surface area contributed by atoms with Crippen LogP contribution in [-0.2, 0) is 0 Å². The third kappa shape index (κ3) is 1.57. The zero-order chi connectivity index (χ0) is 12.5. The third-order valence-electron chi connectivity index (χ3n) is 3.89. The Labute approximate surface area is 107 Å². The van der Waals surface area contributed by atoms with E-state index in [4.69, 9.17) is 0 Å². The van der Waals surface area contributed by atoms with Crippen LogP contribution in [0, 0.1) is 0 Å². The highest BCUT2D eigenvalue weighted by Crippen LogP contribution is 2.46. The molecular formula is C16H16O2. The molecule has 0 aromatic heterocycles. The SMILES string of the molecule is OC[C@H]1c2ccccc2-c2ccccc2[C@@H]1CO. The molecule has 2 aromatic carbocycles. The predicted molar refractivity (Wildman–Crippen MR) is 71.5 cm³/mol. The molecule has 0 bridgehead atoms. The van der Waals surface area contributed by atoms with Crippen LogP contribution in [0.1, 0.15) is 23.0 Å². The Bertz CT molecular complexity index is 511. The van der Waals surface area contributed by atoms with Gasteiger partial charge in [0.2, 0.25) is 0 Å². The Kier molecular flexibility index (Phi) is 2.90. The molecule has 0 unspecified atom stereocenters. The second-order valence-electron chi connectivity index (χ2n) is 4.75. The Balaban J connectivity index is 2.27. The molecule has 1 aliphatic rings. The molecule has 1 aliphatic carbocycles. The van der Waals surface area contributed by atoms with Crippen molar-refractivity contribution in [1.82, 2.24) is 0 Å². The van der Waals surface area contributed by atoms with E-state index in [0.717, 1.165) is 11.1 Å². The Hall–Kier alpha value is -1.64. The van der Waals surface area contributed by atoms with E-state index < -0.39 is 0 Å². The van der Waals surface area contributed by atoms with E-state index in [9.17, 15) is 10.2 Å². The first-order valence-electron chi connectivity index (χ1n) is 6.26.